The Morgan fingerprint density at radius 2 is 1.94 bits per heavy atom. The number of carbonyl (C=O) groups excluding carboxylic acids is 1. The van der Waals surface area contributed by atoms with Crippen LogP contribution in [0.25, 0.3) is 0 Å². The lowest BCUT2D eigenvalue weighted by molar-refractivity contribution is -0.157. The maximum Gasteiger partial charge on any atom is 0.307 e. The van der Waals surface area contributed by atoms with Gasteiger partial charge in [0.05, 0.1) is 6.42 Å². The van der Waals surface area contributed by atoms with Crippen molar-refractivity contribution in [2.45, 2.75) is 58.1 Å². The van der Waals surface area contributed by atoms with E-state index < -0.39 is 0 Å². The summed E-state index contributed by atoms with van der Waals surface area (Å²) in [4.78, 5) is 14.2. The number of fused-ring (bicyclic) bond motifs is 3. The summed E-state index contributed by atoms with van der Waals surface area (Å²) >= 11 is 0. The van der Waals surface area contributed by atoms with Crippen molar-refractivity contribution in [3.8, 4) is 0 Å². The molecule has 3 saturated heterocycles. The Labute approximate surface area is 98.1 Å². The molecule has 3 heteroatoms. The molecule has 3 fully saturated rings. The minimum atomic E-state index is -0.347. The third-order valence-corrected chi connectivity index (χ3v) is 3.59. The number of ether oxygens (including phenoxy) is 1. The van der Waals surface area contributed by atoms with E-state index >= 15 is 0 Å². The average molecular weight is 225 g/mol. The summed E-state index contributed by atoms with van der Waals surface area (Å²) in [5, 5.41) is 0. The van der Waals surface area contributed by atoms with Crippen molar-refractivity contribution in [3.05, 3.63) is 0 Å². The van der Waals surface area contributed by atoms with Crippen molar-refractivity contribution in [2.24, 2.45) is 5.92 Å². The highest BCUT2D eigenvalue weighted by Crippen LogP contribution is 2.33. The molecule has 3 heterocycles. The van der Waals surface area contributed by atoms with Gasteiger partial charge in [0.1, 0.15) is 5.60 Å². The third-order valence-electron chi connectivity index (χ3n) is 3.59. The molecule has 0 N–H and O–H groups in total. The molecule has 92 valence electrons. The molecule has 3 aliphatic rings. The first-order valence-electron chi connectivity index (χ1n) is 6.40. The average Bonchev–Trinajstić information content (AvgIpc) is 2.16. The van der Waals surface area contributed by atoms with E-state index in [1.54, 1.807) is 0 Å². The summed E-state index contributed by atoms with van der Waals surface area (Å²) in [6, 6.07) is 0.447. The summed E-state index contributed by atoms with van der Waals surface area (Å²) in [5.74, 6) is 0.822. The SMILES string of the molecule is CC(C)(C)OC(=O)CC1CC2CCN1CC2. The second kappa shape index (κ2) is 4.36. The highest BCUT2D eigenvalue weighted by Gasteiger charge is 2.35. The van der Waals surface area contributed by atoms with Gasteiger partial charge >= 0.3 is 5.97 Å². The summed E-state index contributed by atoms with van der Waals surface area (Å²) in [6.07, 6.45) is 4.42. The van der Waals surface area contributed by atoms with Gasteiger partial charge < -0.3 is 4.74 Å². The van der Waals surface area contributed by atoms with Crippen LogP contribution < -0.4 is 0 Å². The van der Waals surface area contributed by atoms with Crippen LogP contribution in [0.15, 0.2) is 0 Å². The molecule has 0 aromatic heterocycles. The lowest BCUT2D eigenvalue weighted by Crippen LogP contribution is -2.49. The minimum Gasteiger partial charge on any atom is -0.460 e. The Bertz CT molecular complexity index is 262. The van der Waals surface area contributed by atoms with Crippen LogP contribution in [-0.4, -0.2) is 35.6 Å². The first kappa shape index (κ1) is 11.9. The van der Waals surface area contributed by atoms with Crippen LogP contribution in [0.2, 0.25) is 0 Å². The van der Waals surface area contributed by atoms with Gasteiger partial charge in [-0.2, -0.15) is 0 Å². The Balaban J connectivity index is 1.83. The maximum absolute atomic E-state index is 11.8. The summed E-state index contributed by atoms with van der Waals surface area (Å²) < 4.78 is 5.38. The Morgan fingerprint density at radius 3 is 2.38 bits per heavy atom. The molecule has 0 spiro atoms. The fraction of sp³-hybridized carbons (Fsp3) is 0.923. The van der Waals surface area contributed by atoms with E-state index in [1.165, 1.54) is 32.4 Å². The zero-order valence-corrected chi connectivity index (χ0v) is 10.7. The number of hydrogen-bond acceptors (Lipinski definition) is 3. The fourth-order valence-electron chi connectivity index (χ4n) is 2.88. The highest BCUT2D eigenvalue weighted by atomic mass is 16.6. The largest absolute Gasteiger partial charge is 0.460 e. The van der Waals surface area contributed by atoms with Gasteiger partial charge in [0, 0.05) is 6.04 Å². The van der Waals surface area contributed by atoms with Crippen LogP contribution >= 0.6 is 0 Å². The molecular weight excluding hydrogens is 202 g/mol. The van der Waals surface area contributed by atoms with Crippen LogP contribution in [0.5, 0.6) is 0 Å². The third kappa shape index (κ3) is 2.97. The molecule has 0 aliphatic carbocycles. The van der Waals surface area contributed by atoms with Gasteiger partial charge in [-0.25, -0.2) is 0 Å². The van der Waals surface area contributed by atoms with Crippen molar-refractivity contribution >= 4 is 5.97 Å². The molecule has 2 bridgehead atoms. The van der Waals surface area contributed by atoms with Crippen LogP contribution in [0, 0.1) is 5.92 Å². The number of hydrogen-bond donors (Lipinski definition) is 0. The van der Waals surface area contributed by atoms with E-state index in [-0.39, 0.29) is 11.6 Å². The molecular formula is C13H23NO2. The van der Waals surface area contributed by atoms with Gasteiger partial charge in [-0.05, 0) is 59.0 Å². The molecule has 3 rings (SSSR count). The predicted molar refractivity (Wildman–Crippen MR) is 63.2 cm³/mol. The van der Waals surface area contributed by atoms with Crippen LogP contribution in [-0.2, 0) is 9.53 Å². The molecule has 3 aliphatic heterocycles. The quantitative estimate of drug-likeness (QED) is 0.675. The molecule has 0 amide bonds. The summed E-state index contributed by atoms with van der Waals surface area (Å²) in [7, 11) is 0. The van der Waals surface area contributed by atoms with Gasteiger partial charge in [0.25, 0.3) is 0 Å². The van der Waals surface area contributed by atoms with E-state index in [0.29, 0.717) is 12.5 Å². The van der Waals surface area contributed by atoms with Crippen LogP contribution in [0.3, 0.4) is 0 Å². The smallest absolute Gasteiger partial charge is 0.307 e. The first-order valence-corrected chi connectivity index (χ1v) is 6.40. The standard InChI is InChI=1S/C13H23NO2/c1-13(2,3)16-12(15)9-11-8-10-4-6-14(11)7-5-10/h10-11H,4-9H2,1-3H3. The Morgan fingerprint density at radius 1 is 1.31 bits per heavy atom. The van der Waals surface area contributed by atoms with Gasteiger partial charge in [0.2, 0.25) is 0 Å². The van der Waals surface area contributed by atoms with E-state index in [9.17, 15) is 4.79 Å². The number of piperidine rings is 3. The zero-order valence-electron chi connectivity index (χ0n) is 10.7. The second-order valence-corrected chi connectivity index (χ2v) is 6.16. The van der Waals surface area contributed by atoms with Gasteiger partial charge in [-0.3, -0.25) is 9.69 Å². The molecule has 0 saturated carbocycles. The normalized spacial score (nSPS) is 33.8. The van der Waals surface area contributed by atoms with Crippen LogP contribution in [0.1, 0.15) is 46.5 Å². The van der Waals surface area contributed by atoms with Crippen molar-refractivity contribution in [2.75, 3.05) is 13.1 Å². The lowest BCUT2D eigenvalue weighted by Gasteiger charge is -2.45. The summed E-state index contributed by atoms with van der Waals surface area (Å²) in [6.45, 7) is 8.14. The monoisotopic (exact) mass is 225 g/mol. The number of esters is 1. The number of nitrogens with zero attached hydrogens (tertiary/aromatic N) is 1. The van der Waals surface area contributed by atoms with E-state index in [4.69, 9.17) is 4.74 Å². The predicted octanol–water partition coefficient (Wildman–Crippen LogP) is 2.20. The second-order valence-electron chi connectivity index (χ2n) is 6.16. The van der Waals surface area contributed by atoms with Crippen molar-refractivity contribution < 1.29 is 9.53 Å². The van der Waals surface area contributed by atoms with Crippen molar-refractivity contribution in [1.29, 1.82) is 0 Å². The van der Waals surface area contributed by atoms with Crippen LogP contribution in [0.4, 0.5) is 0 Å². The van der Waals surface area contributed by atoms with Crippen molar-refractivity contribution in [3.63, 3.8) is 0 Å². The van der Waals surface area contributed by atoms with Gasteiger partial charge in [0.15, 0.2) is 0 Å². The Hall–Kier alpha value is -0.570. The molecule has 0 aromatic rings. The van der Waals surface area contributed by atoms with E-state index in [0.717, 1.165) is 5.92 Å². The molecule has 0 aromatic carbocycles. The first-order chi connectivity index (χ1) is 7.44. The van der Waals surface area contributed by atoms with E-state index in [1.807, 2.05) is 20.8 Å². The fourth-order valence-corrected chi connectivity index (χ4v) is 2.88. The van der Waals surface area contributed by atoms with Gasteiger partial charge in [-0.1, -0.05) is 0 Å². The van der Waals surface area contributed by atoms with Gasteiger partial charge in [-0.15, -0.1) is 0 Å². The zero-order chi connectivity index (χ0) is 11.8. The molecule has 16 heavy (non-hydrogen) atoms. The van der Waals surface area contributed by atoms with Crippen molar-refractivity contribution in [1.82, 2.24) is 4.90 Å². The maximum atomic E-state index is 11.8. The van der Waals surface area contributed by atoms with E-state index in [2.05, 4.69) is 4.90 Å². The minimum absolute atomic E-state index is 0.0370. The topological polar surface area (TPSA) is 29.5 Å². The Kier molecular flexibility index (Phi) is 3.24. The molecule has 1 atom stereocenters. The highest BCUT2D eigenvalue weighted by molar-refractivity contribution is 5.70. The molecule has 3 nitrogen and oxygen atoms in total. The summed E-state index contributed by atoms with van der Waals surface area (Å²) in [5.41, 5.74) is -0.347. The molecule has 1 unspecified atom stereocenters. The molecule has 0 radical (unpaired) electrons. The lowest BCUT2D eigenvalue weighted by atomic mass is 9.82. The number of rotatable bonds is 2. The number of carbonyl (C=O) groups is 1.